The number of rotatable bonds is 10. The summed E-state index contributed by atoms with van der Waals surface area (Å²) in [6, 6.07) is 5.08. The number of carbonyl (C=O) groups excluding carboxylic acids is 2. The molecule has 9 heteroatoms. The fraction of sp³-hybridized carbons (Fsp3) is 0.438. The van der Waals surface area contributed by atoms with Gasteiger partial charge in [-0.25, -0.2) is 4.99 Å². The molecule has 0 bridgehead atoms. The maximum Gasteiger partial charge on any atom is 0.216 e. The Kier molecular flexibility index (Phi) is 9.16. The number of nitrogens with two attached hydrogens (primary N) is 1. The average Bonchev–Trinajstić information content (AvgIpc) is 2.56. The molecule has 0 saturated carbocycles. The Morgan fingerprint density at radius 1 is 1.08 bits per heavy atom. The molecule has 0 fully saturated rings. The Balaban J connectivity index is 2.77. The predicted molar refractivity (Wildman–Crippen MR) is 96.8 cm³/mol. The van der Waals surface area contributed by atoms with Crippen LogP contribution in [0.5, 0.6) is 11.5 Å². The van der Waals surface area contributed by atoms with E-state index in [9.17, 15) is 9.59 Å². The lowest BCUT2D eigenvalue weighted by Gasteiger charge is -2.14. The van der Waals surface area contributed by atoms with Gasteiger partial charge in [-0.3, -0.25) is 9.59 Å². The van der Waals surface area contributed by atoms with Crippen molar-refractivity contribution in [2.24, 2.45) is 10.7 Å². The number of nitrogens with zero attached hydrogens (tertiary/aromatic N) is 1. The van der Waals surface area contributed by atoms with Gasteiger partial charge in [-0.1, -0.05) is 0 Å². The number of alkyl halides is 1. The van der Waals surface area contributed by atoms with Gasteiger partial charge >= 0.3 is 0 Å². The zero-order valence-corrected chi connectivity index (χ0v) is 15.1. The summed E-state index contributed by atoms with van der Waals surface area (Å²) in [5, 5.41) is 5.28. The average molecular weight is 371 g/mol. The van der Waals surface area contributed by atoms with E-state index < -0.39 is 0 Å². The highest BCUT2D eigenvalue weighted by Crippen LogP contribution is 2.31. The van der Waals surface area contributed by atoms with E-state index in [0.717, 1.165) is 0 Å². The first kappa shape index (κ1) is 20.6. The number of carbonyl (C=O) groups is 2. The molecule has 8 nitrogen and oxygen atoms in total. The van der Waals surface area contributed by atoms with Gasteiger partial charge in [0.2, 0.25) is 11.8 Å². The molecule has 0 atom stereocenters. The standard InChI is InChI=1S/C16H23ClN4O4/c1-11(22)19-5-7-24-14-4-3-13(21-16(18)10-17)9-15(14)25-8-6-20-12(2)23/h3-4,9H,5-8,10H2,1-2H3,(H2,18,21)(H,19,22)(H,20,23). The summed E-state index contributed by atoms with van der Waals surface area (Å²) in [5.41, 5.74) is 6.20. The lowest BCUT2D eigenvalue weighted by Crippen LogP contribution is -2.26. The van der Waals surface area contributed by atoms with Crippen molar-refractivity contribution < 1.29 is 19.1 Å². The minimum Gasteiger partial charge on any atom is -0.488 e. The highest BCUT2D eigenvalue weighted by molar-refractivity contribution is 6.28. The molecule has 2 amide bonds. The molecule has 1 aromatic carbocycles. The first-order valence-corrected chi connectivity index (χ1v) is 8.23. The van der Waals surface area contributed by atoms with E-state index in [1.54, 1.807) is 18.2 Å². The van der Waals surface area contributed by atoms with Gasteiger partial charge in [0.15, 0.2) is 11.5 Å². The number of halogens is 1. The largest absolute Gasteiger partial charge is 0.488 e. The zero-order chi connectivity index (χ0) is 18.7. The Morgan fingerprint density at radius 2 is 1.64 bits per heavy atom. The lowest BCUT2D eigenvalue weighted by atomic mass is 10.3. The van der Waals surface area contributed by atoms with Gasteiger partial charge in [0.25, 0.3) is 0 Å². The van der Waals surface area contributed by atoms with Crippen molar-refractivity contribution in [3.63, 3.8) is 0 Å². The quantitative estimate of drug-likeness (QED) is 0.245. The molecule has 0 aliphatic heterocycles. The van der Waals surface area contributed by atoms with Crippen LogP contribution in [0.2, 0.25) is 0 Å². The Labute approximate surface area is 151 Å². The molecule has 4 N–H and O–H groups in total. The molecular formula is C16H23ClN4O4. The summed E-state index contributed by atoms with van der Waals surface area (Å²) in [5.74, 6) is 1.09. The molecule has 0 aliphatic rings. The molecule has 1 rings (SSSR count). The molecule has 1 aromatic rings. The summed E-state index contributed by atoms with van der Waals surface area (Å²) in [6.45, 7) is 4.15. The number of amides is 2. The molecular weight excluding hydrogens is 348 g/mol. The third kappa shape index (κ3) is 8.80. The number of aliphatic imine (C=N–C) groups is 1. The van der Waals surface area contributed by atoms with E-state index in [4.69, 9.17) is 26.8 Å². The fourth-order valence-corrected chi connectivity index (χ4v) is 1.83. The SMILES string of the molecule is CC(=O)NCCOc1ccc(N=C(N)CCl)cc1OCCNC(C)=O. The van der Waals surface area contributed by atoms with Crippen molar-refractivity contribution >= 4 is 34.9 Å². The van der Waals surface area contributed by atoms with Gasteiger partial charge in [-0.05, 0) is 12.1 Å². The number of amidine groups is 1. The van der Waals surface area contributed by atoms with E-state index in [2.05, 4.69) is 15.6 Å². The summed E-state index contributed by atoms with van der Waals surface area (Å²) < 4.78 is 11.3. The third-order valence-electron chi connectivity index (χ3n) is 2.80. The van der Waals surface area contributed by atoms with Gasteiger partial charge < -0.3 is 25.8 Å². The number of hydrogen-bond donors (Lipinski definition) is 3. The van der Waals surface area contributed by atoms with Gasteiger partial charge in [-0.15, -0.1) is 11.6 Å². The van der Waals surface area contributed by atoms with E-state index in [0.29, 0.717) is 30.3 Å². The monoisotopic (exact) mass is 370 g/mol. The molecule has 0 aliphatic carbocycles. The van der Waals surface area contributed by atoms with Crippen molar-refractivity contribution in [2.75, 3.05) is 32.2 Å². The first-order chi connectivity index (χ1) is 11.9. The van der Waals surface area contributed by atoms with Gasteiger partial charge in [0.1, 0.15) is 19.0 Å². The lowest BCUT2D eigenvalue weighted by molar-refractivity contribution is -0.119. The van der Waals surface area contributed by atoms with E-state index in [1.165, 1.54) is 13.8 Å². The molecule has 138 valence electrons. The zero-order valence-electron chi connectivity index (χ0n) is 14.3. The second kappa shape index (κ2) is 11.1. The maximum absolute atomic E-state index is 10.9. The Bertz CT molecular complexity index is 622. The second-order valence-corrected chi connectivity index (χ2v) is 5.30. The van der Waals surface area contributed by atoms with Crippen LogP contribution < -0.4 is 25.8 Å². The first-order valence-electron chi connectivity index (χ1n) is 7.70. The van der Waals surface area contributed by atoms with Crippen LogP contribution >= 0.6 is 11.6 Å². The van der Waals surface area contributed by atoms with Crippen LogP contribution in [0.4, 0.5) is 5.69 Å². The molecule has 0 radical (unpaired) electrons. The molecule has 0 unspecified atom stereocenters. The number of benzene rings is 1. The highest BCUT2D eigenvalue weighted by Gasteiger charge is 2.08. The topological polar surface area (TPSA) is 115 Å². The number of ether oxygens (including phenoxy) is 2. The van der Waals surface area contributed by atoms with E-state index >= 15 is 0 Å². The van der Waals surface area contributed by atoms with Crippen LogP contribution in [0.3, 0.4) is 0 Å². The summed E-state index contributed by atoms with van der Waals surface area (Å²) in [6.07, 6.45) is 0. The number of nitrogens with one attached hydrogen (secondary N) is 2. The molecule has 0 heterocycles. The fourth-order valence-electron chi connectivity index (χ4n) is 1.77. The highest BCUT2D eigenvalue weighted by atomic mass is 35.5. The van der Waals surface area contributed by atoms with Crippen molar-refractivity contribution in [1.29, 1.82) is 0 Å². The van der Waals surface area contributed by atoms with Crippen LogP contribution in [-0.2, 0) is 9.59 Å². The Hall–Kier alpha value is -2.48. The van der Waals surface area contributed by atoms with Crippen LogP contribution in [0.25, 0.3) is 0 Å². The van der Waals surface area contributed by atoms with Crippen molar-refractivity contribution in [3.8, 4) is 11.5 Å². The molecule has 0 aromatic heterocycles. The third-order valence-corrected chi connectivity index (χ3v) is 3.08. The maximum atomic E-state index is 10.9. The van der Waals surface area contributed by atoms with Gasteiger partial charge in [0, 0.05) is 19.9 Å². The van der Waals surface area contributed by atoms with Crippen LogP contribution in [0, 0.1) is 0 Å². The number of hydrogen-bond acceptors (Lipinski definition) is 5. The van der Waals surface area contributed by atoms with Crippen molar-refractivity contribution in [3.05, 3.63) is 18.2 Å². The summed E-state index contributed by atoms with van der Waals surface area (Å²) in [4.78, 5) is 25.9. The predicted octanol–water partition coefficient (Wildman–Crippen LogP) is 0.944. The van der Waals surface area contributed by atoms with E-state index in [1.807, 2.05) is 0 Å². The van der Waals surface area contributed by atoms with Crippen molar-refractivity contribution in [2.45, 2.75) is 13.8 Å². The molecule has 25 heavy (non-hydrogen) atoms. The van der Waals surface area contributed by atoms with Crippen LogP contribution in [-0.4, -0.2) is 49.8 Å². The second-order valence-electron chi connectivity index (χ2n) is 5.03. The summed E-state index contributed by atoms with van der Waals surface area (Å²) >= 11 is 5.63. The minimum atomic E-state index is -0.136. The van der Waals surface area contributed by atoms with Crippen molar-refractivity contribution in [1.82, 2.24) is 10.6 Å². The molecule has 0 saturated heterocycles. The van der Waals surface area contributed by atoms with Crippen LogP contribution in [0.15, 0.2) is 23.2 Å². The summed E-state index contributed by atoms with van der Waals surface area (Å²) in [7, 11) is 0. The normalized spacial score (nSPS) is 10.9. The van der Waals surface area contributed by atoms with Gasteiger partial charge in [0.05, 0.1) is 24.7 Å². The van der Waals surface area contributed by atoms with E-state index in [-0.39, 0.29) is 36.7 Å². The van der Waals surface area contributed by atoms with Gasteiger partial charge in [-0.2, -0.15) is 0 Å². The van der Waals surface area contributed by atoms with Crippen LogP contribution in [0.1, 0.15) is 13.8 Å². The minimum absolute atomic E-state index is 0.119. The smallest absolute Gasteiger partial charge is 0.216 e. The Morgan fingerprint density at radius 3 is 2.16 bits per heavy atom. The molecule has 0 spiro atoms.